The Hall–Kier alpha value is -1.58. The molecule has 0 aromatic carbocycles. The molecule has 0 saturated carbocycles. The summed E-state index contributed by atoms with van der Waals surface area (Å²) >= 11 is 0. The number of aromatic nitrogens is 1. The summed E-state index contributed by atoms with van der Waals surface area (Å²) in [6, 6.07) is 3.35. The zero-order valence-corrected chi connectivity index (χ0v) is 10.3. The second-order valence-electron chi connectivity index (χ2n) is 4.89. The van der Waals surface area contributed by atoms with E-state index in [1.165, 1.54) is 12.3 Å². The zero-order chi connectivity index (χ0) is 12.4. The van der Waals surface area contributed by atoms with Crippen LogP contribution in [0, 0.1) is 5.92 Å². The molecule has 1 saturated heterocycles. The molecule has 1 amide bonds. The maximum atomic E-state index is 12.3. The Bertz CT molecular complexity index is 464. The Kier molecular flexibility index (Phi) is 3.31. The van der Waals surface area contributed by atoms with Crippen molar-refractivity contribution >= 4 is 5.91 Å². The Balaban J connectivity index is 2.23. The van der Waals surface area contributed by atoms with Gasteiger partial charge in [0.15, 0.2) is 0 Å². The molecule has 1 aliphatic rings. The van der Waals surface area contributed by atoms with Gasteiger partial charge in [0.05, 0.1) is 0 Å². The summed E-state index contributed by atoms with van der Waals surface area (Å²) in [6.07, 6.45) is 3.64. The number of pyridine rings is 1. The van der Waals surface area contributed by atoms with Crippen molar-refractivity contribution in [1.82, 2.24) is 9.88 Å². The fourth-order valence-electron chi connectivity index (χ4n) is 2.48. The summed E-state index contributed by atoms with van der Waals surface area (Å²) in [4.78, 5) is 27.9. The van der Waals surface area contributed by atoms with Crippen LogP contribution in [0.15, 0.2) is 23.1 Å². The van der Waals surface area contributed by atoms with Crippen LogP contribution in [0.1, 0.15) is 37.0 Å². The molecule has 1 aromatic heterocycles. The molecular formula is C13H18N2O2. The summed E-state index contributed by atoms with van der Waals surface area (Å²) in [5, 5.41) is 0. The third-order valence-corrected chi connectivity index (χ3v) is 3.35. The number of carbonyl (C=O) groups excluding carboxylic acids is 1. The molecule has 1 aromatic rings. The van der Waals surface area contributed by atoms with Gasteiger partial charge in [-0.2, -0.15) is 0 Å². The Morgan fingerprint density at radius 1 is 1.53 bits per heavy atom. The maximum Gasteiger partial charge on any atom is 0.254 e. The van der Waals surface area contributed by atoms with Gasteiger partial charge in [-0.3, -0.25) is 9.59 Å². The number of aromatic amines is 1. The largest absolute Gasteiger partial charge is 0.335 e. The van der Waals surface area contributed by atoms with Crippen LogP contribution in [0.4, 0.5) is 0 Å². The van der Waals surface area contributed by atoms with E-state index >= 15 is 0 Å². The van der Waals surface area contributed by atoms with Crippen LogP contribution in [0.3, 0.4) is 0 Å². The highest BCUT2D eigenvalue weighted by atomic mass is 16.2. The normalized spacial score (nSPS) is 19.9. The molecule has 1 unspecified atom stereocenters. The van der Waals surface area contributed by atoms with Crippen molar-refractivity contribution in [2.24, 2.45) is 5.92 Å². The molecule has 0 radical (unpaired) electrons. The van der Waals surface area contributed by atoms with Gasteiger partial charge in [0.1, 0.15) is 0 Å². The first-order valence-electron chi connectivity index (χ1n) is 6.09. The average molecular weight is 234 g/mol. The minimum absolute atomic E-state index is 0.0210. The van der Waals surface area contributed by atoms with Gasteiger partial charge in [-0.25, -0.2) is 0 Å². The van der Waals surface area contributed by atoms with Crippen LogP contribution < -0.4 is 5.56 Å². The third-order valence-electron chi connectivity index (χ3n) is 3.35. The number of amides is 1. The number of nitrogens with zero attached hydrogens (tertiary/aromatic N) is 1. The molecule has 17 heavy (non-hydrogen) atoms. The summed E-state index contributed by atoms with van der Waals surface area (Å²) in [5.41, 5.74) is 0.262. The highest BCUT2D eigenvalue weighted by molar-refractivity contribution is 5.94. The maximum absolute atomic E-state index is 12.3. The summed E-state index contributed by atoms with van der Waals surface area (Å²) in [5.74, 6) is 0.441. The summed E-state index contributed by atoms with van der Waals surface area (Å²) in [6.45, 7) is 5.07. The number of hydrogen-bond acceptors (Lipinski definition) is 2. The van der Waals surface area contributed by atoms with Gasteiger partial charge >= 0.3 is 0 Å². The lowest BCUT2D eigenvalue weighted by Gasteiger charge is -2.27. The molecule has 0 aliphatic carbocycles. The number of carbonyl (C=O) groups is 1. The van der Waals surface area contributed by atoms with Crippen molar-refractivity contribution in [2.45, 2.75) is 32.7 Å². The average Bonchev–Trinajstić information content (AvgIpc) is 2.77. The van der Waals surface area contributed by atoms with E-state index in [0.29, 0.717) is 17.5 Å². The summed E-state index contributed by atoms with van der Waals surface area (Å²) < 4.78 is 0. The van der Waals surface area contributed by atoms with E-state index < -0.39 is 0 Å². The first-order chi connectivity index (χ1) is 8.09. The molecule has 0 bridgehead atoms. The highest BCUT2D eigenvalue weighted by Crippen LogP contribution is 2.25. The number of rotatable bonds is 2. The molecule has 4 nitrogen and oxygen atoms in total. The van der Waals surface area contributed by atoms with Crippen molar-refractivity contribution in [1.29, 1.82) is 0 Å². The lowest BCUT2D eigenvalue weighted by Crippen LogP contribution is -2.38. The van der Waals surface area contributed by atoms with Crippen molar-refractivity contribution in [3.63, 3.8) is 0 Å². The molecule has 92 valence electrons. The van der Waals surface area contributed by atoms with Crippen molar-refractivity contribution in [3.8, 4) is 0 Å². The quantitative estimate of drug-likeness (QED) is 0.845. The van der Waals surface area contributed by atoms with E-state index in [-0.39, 0.29) is 11.5 Å². The molecule has 1 atom stereocenters. The molecule has 0 spiro atoms. The fraction of sp³-hybridized carbons (Fsp3) is 0.538. The molecule has 1 aliphatic heterocycles. The predicted molar refractivity (Wildman–Crippen MR) is 66.0 cm³/mol. The van der Waals surface area contributed by atoms with Crippen molar-refractivity contribution in [3.05, 3.63) is 34.2 Å². The Labute approximate surface area is 101 Å². The number of H-pyrrole nitrogens is 1. The van der Waals surface area contributed by atoms with Crippen LogP contribution in [-0.4, -0.2) is 28.4 Å². The molecule has 1 fully saturated rings. The first kappa shape index (κ1) is 11.9. The van der Waals surface area contributed by atoms with E-state index in [9.17, 15) is 9.59 Å². The van der Waals surface area contributed by atoms with Gasteiger partial charge < -0.3 is 9.88 Å². The molecule has 2 rings (SSSR count). The smallest absolute Gasteiger partial charge is 0.254 e. The second kappa shape index (κ2) is 4.73. The SMILES string of the molecule is CC(C)C1CCCN1C(=O)c1cc[nH]c(=O)c1. The molecule has 1 N–H and O–H groups in total. The number of nitrogens with one attached hydrogen (secondary N) is 1. The van der Waals surface area contributed by atoms with Crippen LogP contribution in [0.5, 0.6) is 0 Å². The van der Waals surface area contributed by atoms with Gasteiger partial charge in [-0.05, 0) is 24.8 Å². The summed E-state index contributed by atoms with van der Waals surface area (Å²) in [7, 11) is 0. The van der Waals surface area contributed by atoms with Gasteiger partial charge in [-0.15, -0.1) is 0 Å². The highest BCUT2D eigenvalue weighted by Gasteiger charge is 2.31. The molecular weight excluding hydrogens is 216 g/mol. The third kappa shape index (κ3) is 2.40. The van der Waals surface area contributed by atoms with E-state index in [4.69, 9.17) is 0 Å². The predicted octanol–water partition coefficient (Wildman–Crippen LogP) is 1.64. The Morgan fingerprint density at radius 2 is 2.29 bits per heavy atom. The lowest BCUT2D eigenvalue weighted by atomic mass is 10.0. The van der Waals surface area contributed by atoms with E-state index in [1.54, 1.807) is 6.07 Å². The first-order valence-corrected chi connectivity index (χ1v) is 6.09. The fourth-order valence-corrected chi connectivity index (χ4v) is 2.48. The lowest BCUT2D eigenvalue weighted by molar-refractivity contribution is 0.0701. The van der Waals surface area contributed by atoms with Crippen LogP contribution in [-0.2, 0) is 0 Å². The second-order valence-corrected chi connectivity index (χ2v) is 4.89. The van der Waals surface area contributed by atoms with Crippen molar-refractivity contribution < 1.29 is 4.79 Å². The minimum atomic E-state index is -0.226. The number of hydrogen-bond donors (Lipinski definition) is 1. The van der Waals surface area contributed by atoms with Crippen LogP contribution >= 0.6 is 0 Å². The topological polar surface area (TPSA) is 53.2 Å². The van der Waals surface area contributed by atoms with E-state index in [1.807, 2.05) is 4.90 Å². The molecule has 2 heterocycles. The van der Waals surface area contributed by atoms with Crippen LogP contribution in [0.25, 0.3) is 0 Å². The van der Waals surface area contributed by atoms with Gasteiger partial charge in [0.25, 0.3) is 5.91 Å². The monoisotopic (exact) mass is 234 g/mol. The Morgan fingerprint density at radius 3 is 2.94 bits per heavy atom. The minimum Gasteiger partial charge on any atom is -0.335 e. The van der Waals surface area contributed by atoms with Gasteiger partial charge in [0, 0.05) is 30.4 Å². The number of likely N-dealkylation sites (tertiary alicyclic amines) is 1. The van der Waals surface area contributed by atoms with Gasteiger partial charge in [0.2, 0.25) is 5.56 Å². The van der Waals surface area contributed by atoms with E-state index in [0.717, 1.165) is 19.4 Å². The van der Waals surface area contributed by atoms with E-state index in [2.05, 4.69) is 18.8 Å². The van der Waals surface area contributed by atoms with Crippen LogP contribution in [0.2, 0.25) is 0 Å². The molecule has 4 heteroatoms. The standard InChI is InChI=1S/C13H18N2O2/c1-9(2)11-4-3-7-15(11)13(17)10-5-6-14-12(16)8-10/h5-6,8-9,11H,3-4,7H2,1-2H3,(H,14,16). The zero-order valence-electron chi connectivity index (χ0n) is 10.3. The van der Waals surface area contributed by atoms with Crippen molar-refractivity contribution in [2.75, 3.05) is 6.54 Å². The van der Waals surface area contributed by atoms with Gasteiger partial charge in [-0.1, -0.05) is 13.8 Å².